The van der Waals surface area contributed by atoms with Gasteiger partial charge in [0.25, 0.3) is 0 Å². The van der Waals surface area contributed by atoms with E-state index < -0.39 is 0 Å². The third-order valence-corrected chi connectivity index (χ3v) is 1.46. The topological polar surface area (TPSA) is 66.2 Å². The highest BCUT2D eigenvalue weighted by Crippen LogP contribution is 2.27. The van der Waals surface area contributed by atoms with Crippen LogP contribution >= 0.6 is 0 Å². The second-order valence-corrected chi connectivity index (χ2v) is 2.34. The highest BCUT2D eigenvalue weighted by atomic mass is 16.5. The lowest BCUT2D eigenvalue weighted by atomic mass is 10.2. The lowest BCUT2D eigenvalue weighted by molar-refractivity contribution is 0.371. The van der Waals surface area contributed by atoms with Crippen LogP contribution in [0.25, 0.3) is 0 Å². The zero-order valence-corrected chi connectivity index (χ0v) is 6.96. The Kier molecular flexibility index (Phi) is 2.28. The van der Waals surface area contributed by atoms with Gasteiger partial charge in [-0.2, -0.15) is 0 Å². The number of methoxy groups -OCH3 is 1. The van der Waals surface area contributed by atoms with E-state index in [9.17, 15) is 5.11 Å². The van der Waals surface area contributed by atoms with Gasteiger partial charge in [0.2, 0.25) is 0 Å². The highest BCUT2D eigenvalue weighted by Gasteiger charge is 2.09. The van der Waals surface area contributed by atoms with E-state index in [1.807, 2.05) is 0 Å². The number of hydrogen-bond donors (Lipinski definition) is 2. The summed E-state index contributed by atoms with van der Waals surface area (Å²) in [6.07, 6.45) is 1.49. The molecule has 0 amide bonds. The number of hydrogen-bond acceptors (Lipinski definition) is 4. The molecular formula is C8H10N2O2. The predicted molar refractivity (Wildman–Crippen MR) is 45.0 cm³/mol. The fourth-order valence-corrected chi connectivity index (χ4v) is 0.875. The zero-order valence-electron chi connectivity index (χ0n) is 6.96. The monoisotopic (exact) mass is 166 g/mol. The number of ether oxygens (including phenoxy) is 1. The number of aromatic nitrogens is 1. The Morgan fingerprint density at radius 1 is 1.67 bits per heavy atom. The first-order valence-corrected chi connectivity index (χ1v) is 3.44. The SMILES string of the molecule is COc1ccnc(C(C)=N)c1O. The van der Waals surface area contributed by atoms with Gasteiger partial charge in [-0.3, -0.25) is 4.98 Å². The van der Waals surface area contributed by atoms with E-state index in [1.165, 1.54) is 13.3 Å². The summed E-state index contributed by atoms with van der Waals surface area (Å²) in [4.78, 5) is 3.83. The average Bonchev–Trinajstić information content (AvgIpc) is 2.04. The van der Waals surface area contributed by atoms with Crippen molar-refractivity contribution in [3.8, 4) is 11.5 Å². The van der Waals surface area contributed by atoms with Crippen LogP contribution in [0.3, 0.4) is 0 Å². The smallest absolute Gasteiger partial charge is 0.185 e. The molecule has 1 aromatic heterocycles. The van der Waals surface area contributed by atoms with E-state index in [0.29, 0.717) is 5.75 Å². The van der Waals surface area contributed by atoms with Gasteiger partial charge in [-0.05, 0) is 6.92 Å². The Labute approximate surface area is 70.3 Å². The third-order valence-electron chi connectivity index (χ3n) is 1.46. The molecule has 0 aromatic carbocycles. The maximum absolute atomic E-state index is 9.43. The molecule has 0 saturated carbocycles. The van der Waals surface area contributed by atoms with Gasteiger partial charge in [-0.15, -0.1) is 0 Å². The molecule has 4 nitrogen and oxygen atoms in total. The summed E-state index contributed by atoms with van der Waals surface area (Å²) >= 11 is 0. The van der Waals surface area contributed by atoms with Gasteiger partial charge in [-0.25, -0.2) is 0 Å². The van der Waals surface area contributed by atoms with Gasteiger partial charge in [0, 0.05) is 12.3 Å². The summed E-state index contributed by atoms with van der Waals surface area (Å²) < 4.78 is 4.85. The summed E-state index contributed by atoms with van der Waals surface area (Å²) in [7, 11) is 1.46. The van der Waals surface area contributed by atoms with Gasteiger partial charge < -0.3 is 15.3 Å². The molecule has 0 aliphatic heterocycles. The fourth-order valence-electron chi connectivity index (χ4n) is 0.875. The molecule has 64 valence electrons. The van der Waals surface area contributed by atoms with Gasteiger partial charge >= 0.3 is 0 Å². The van der Waals surface area contributed by atoms with Crippen LogP contribution in [0.5, 0.6) is 11.5 Å². The molecule has 12 heavy (non-hydrogen) atoms. The maximum atomic E-state index is 9.43. The number of nitrogens with one attached hydrogen (secondary N) is 1. The molecule has 0 spiro atoms. The van der Waals surface area contributed by atoms with Crippen LogP contribution < -0.4 is 4.74 Å². The van der Waals surface area contributed by atoms with E-state index in [2.05, 4.69) is 4.98 Å². The third kappa shape index (κ3) is 1.37. The van der Waals surface area contributed by atoms with E-state index in [1.54, 1.807) is 13.0 Å². The van der Waals surface area contributed by atoms with Crippen LogP contribution in [-0.4, -0.2) is 22.9 Å². The minimum absolute atomic E-state index is 0.0764. The number of nitrogens with zero attached hydrogens (tertiary/aromatic N) is 1. The minimum Gasteiger partial charge on any atom is -0.503 e. The van der Waals surface area contributed by atoms with Crippen molar-refractivity contribution in [1.82, 2.24) is 4.98 Å². The molecule has 0 aliphatic rings. The Morgan fingerprint density at radius 2 is 2.33 bits per heavy atom. The summed E-state index contributed by atoms with van der Waals surface area (Å²) in [5, 5.41) is 16.7. The molecule has 0 atom stereocenters. The van der Waals surface area contributed by atoms with Gasteiger partial charge in [-0.1, -0.05) is 0 Å². The number of pyridine rings is 1. The standard InChI is InChI=1S/C8H10N2O2/c1-5(9)7-8(11)6(12-2)3-4-10-7/h3-4,9,11H,1-2H3. The van der Waals surface area contributed by atoms with Crippen molar-refractivity contribution in [1.29, 1.82) is 5.41 Å². The normalized spacial score (nSPS) is 9.50. The first kappa shape index (κ1) is 8.52. The zero-order chi connectivity index (χ0) is 9.14. The van der Waals surface area contributed by atoms with Crippen LogP contribution in [0.4, 0.5) is 0 Å². The lowest BCUT2D eigenvalue weighted by Crippen LogP contribution is -1.98. The Morgan fingerprint density at radius 3 is 2.83 bits per heavy atom. The van der Waals surface area contributed by atoms with Crippen LogP contribution in [0, 0.1) is 5.41 Å². The Bertz CT molecular complexity index is 310. The molecular weight excluding hydrogens is 156 g/mol. The number of aromatic hydroxyl groups is 1. The van der Waals surface area contributed by atoms with Crippen molar-refractivity contribution in [2.24, 2.45) is 0 Å². The van der Waals surface area contributed by atoms with E-state index >= 15 is 0 Å². The van der Waals surface area contributed by atoms with E-state index in [-0.39, 0.29) is 17.2 Å². The predicted octanol–water partition coefficient (Wildman–Crippen LogP) is 1.18. The summed E-state index contributed by atoms with van der Waals surface area (Å²) in [6.45, 7) is 1.56. The highest BCUT2D eigenvalue weighted by molar-refractivity contribution is 5.97. The van der Waals surface area contributed by atoms with E-state index in [4.69, 9.17) is 10.1 Å². The quantitative estimate of drug-likeness (QED) is 0.648. The summed E-state index contributed by atoms with van der Waals surface area (Å²) in [6, 6.07) is 1.54. The maximum Gasteiger partial charge on any atom is 0.185 e. The molecule has 0 bridgehead atoms. The van der Waals surface area contributed by atoms with Crippen LogP contribution in [-0.2, 0) is 0 Å². The molecule has 1 heterocycles. The Hall–Kier alpha value is -1.58. The van der Waals surface area contributed by atoms with Crippen molar-refractivity contribution >= 4 is 5.71 Å². The molecule has 1 rings (SSSR count). The first-order valence-electron chi connectivity index (χ1n) is 3.44. The molecule has 1 aromatic rings. The Balaban J connectivity index is 3.23. The average molecular weight is 166 g/mol. The van der Waals surface area contributed by atoms with Gasteiger partial charge in [0.05, 0.1) is 12.8 Å². The molecule has 4 heteroatoms. The van der Waals surface area contributed by atoms with Gasteiger partial charge in [0.15, 0.2) is 11.5 Å². The molecule has 0 saturated heterocycles. The van der Waals surface area contributed by atoms with Crippen LogP contribution in [0.1, 0.15) is 12.6 Å². The van der Waals surface area contributed by atoms with Crippen molar-refractivity contribution < 1.29 is 9.84 Å². The van der Waals surface area contributed by atoms with Crippen molar-refractivity contribution in [3.05, 3.63) is 18.0 Å². The second kappa shape index (κ2) is 3.21. The number of rotatable bonds is 2. The molecule has 0 fully saturated rings. The van der Waals surface area contributed by atoms with Crippen molar-refractivity contribution in [3.63, 3.8) is 0 Å². The largest absolute Gasteiger partial charge is 0.503 e. The van der Waals surface area contributed by atoms with Crippen LogP contribution in [0.2, 0.25) is 0 Å². The van der Waals surface area contributed by atoms with Crippen molar-refractivity contribution in [2.75, 3.05) is 7.11 Å². The molecule has 0 radical (unpaired) electrons. The minimum atomic E-state index is -0.0764. The van der Waals surface area contributed by atoms with Crippen LogP contribution in [0.15, 0.2) is 12.3 Å². The lowest BCUT2D eigenvalue weighted by Gasteiger charge is -2.05. The van der Waals surface area contributed by atoms with E-state index in [0.717, 1.165) is 0 Å². The van der Waals surface area contributed by atoms with Gasteiger partial charge in [0.1, 0.15) is 5.69 Å². The second-order valence-electron chi connectivity index (χ2n) is 2.34. The first-order chi connectivity index (χ1) is 5.66. The fraction of sp³-hybridized carbons (Fsp3) is 0.250. The summed E-state index contributed by atoms with van der Waals surface area (Å²) in [5.74, 6) is 0.263. The molecule has 0 unspecified atom stereocenters. The summed E-state index contributed by atoms with van der Waals surface area (Å²) in [5.41, 5.74) is 0.473. The molecule has 0 aliphatic carbocycles. The van der Waals surface area contributed by atoms with Crippen molar-refractivity contribution in [2.45, 2.75) is 6.92 Å². The molecule has 2 N–H and O–H groups in total.